The van der Waals surface area contributed by atoms with Gasteiger partial charge in [0.25, 0.3) is 0 Å². The quantitative estimate of drug-likeness (QED) is 0.638. The van der Waals surface area contributed by atoms with Gasteiger partial charge in [-0.05, 0) is 43.5 Å². The van der Waals surface area contributed by atoms with Crippen LogP contribution in [0.25, 0.3) is 0 Å². The molecule has 0 spiro atoms. The molecule has 0 amide bonds. The molecule has 3 aromatic carbocycles. The summed E-state index contributed by atoms with van der Waals surface area (Å²) >= 11 is 0. The molecular formula is C25H26N2O. The number of aryl methyl sites for hydroxylation is 2. The average Bonchev–Trinajstić information content (AvgIpc) is 3.15. The molecule has 1 aliphatic rings. The third-order valence-corrected chi connectivity index (χ3v) is 4.95. The molecule has 0 aromatic heterocycles. The summed E-state index contributed by atoms with van der Waals surface area (Å²) in [6, 6.07) is 25.5. The molecule has 1 heterocycles. The Kier molecular flexibility index (Phi) is 5.43. The highest BCUT2D eigenvalue weighted by Gasteiger charge is 2.22. The summed E-state index contributed by atoms with van der Waals surface area (Å²) in [5, 5.41) is 3.56. The molecule has 3 heteroatoms. The molecule has 28 heavy (non-hydrogen) atoms. The van der Waals surface area contributed by atoms with Crippen LogP contribution in [0.1, 0.15) is 27.8 Å². The number of rotatable bonds is 6. The fraction of sp³-hybridized carbons (Fsp3) is 0.240. The van der Waals surface area contributed by atoms with Gasteiger partial charge in [0, 0.05) is 12.2 Å². The van der Waals surface area contributed by atoms with E-state index in [-0.39, 0.29) is 6.04 Å². The third kappa shape index (κ3) is 4.42. The van der Waals surface area contributed by atoms with Crippen LogP contribution >= 0.6 is 0 Å². The SMILES string of the molecule is Cc1cc(C)cc(CNc2ccccc2C2=N[C@@H](Cc3ccccc3)CO2)c1. The fourth-order valence-electron chi connectivity index (χ4n) is 3.75. The minimum absolute atomic E-state index is 0.171. The Morgan fingerprint density at radius 2 is 1.61 bits per heavy atom. The summed E-state index contributed by atoms with van der Waals surface area (Å²) in [7, 11) is 0. The Hall–Kier alpha value is -3.07. The van der Waals surface area contributed by atoms with Crippen molar-refractivity contribution in [2.24, 2.45) is 4.99 Å². The van der Waals surface area contributed by atoms with Crippen molar-refractivity contribution in [3.05, 3.63) is 101 Å². The lowest BCUT2D eigenvalue weighted by Gasteiger charge is -2.12. The van der Waals surface area contributed by atoms with Crippen LogP contribution in [0.2, 0.25) is 0 Å². The van der Waals surface area contributed by atoms with Gasteiger partial charge in [0.2, 0.25) is 5.90 Å². The topological polar surface area (TPSA) is 33.6 Å². The zero-order valence-electron chi connectivity index (χ0n) is 16.5. The van der Waals surface area contributed by atoms with Gasteiger partial charge >= 0.3 is 0 Å². The number of nitrogens with one attached hydrogen (secondary N) is 1. The van der Waals surface area contributed by atoms with Crippen LogP contribution in [0, 0.1) is 13.8 Å². The van der Waals surface area contributed by atoms with Crippen molar-refractivity contribution in [3.8, 4) is 0 Å². The molecule has 0 unspecified atom stereocenters. The number of benzene rings is 3. The smallest absolute Gasteiger partial charge is 0.218 e. The molecule has 4 rings (SSSR count). The van der Waals surface area contributed by atoms with Crippen molar-refractivity contribution in [2.75, 3.05) is 11.9 Å². The number of aliphatic imine (C=N–C) groups is 1. The maximum absolute atomic E-state index is 5.96. The van der Waals surface area contributed by atoms with Gasteiger partial charge in [0.1, 0.15) is 6.61 Å². The van der Waals surface area contributed by atoms with Crippen molar-refractivity contribution in [2.45, 2.75) is 32.9 Å². The highest BCUT2D eigenvalue weighted by atomic mass is 16.5. The third-order valence-electron chi connectivity index (χ3n) is 4.95. The van der Waals surface area contributed by atoms with Crippen molar-refractivity contribution in [1.82, 2.24) is 0 Å². The zero-order chi connectivity index (χ0) is 19.3. The first-order valence-corrected chi connectivity index (χ1v) is 9.82. The molecule has 0 saturated heterocycles. The highest BCUT2D eigenvalue weighted by molar-refractivity contribution is 6.00. The van der Waals surface area contributed by atoms with Crippen LogP contribution in [-0.4, -0.2) is 18.5 Å². The number of hydrogen-bond acceptors (Lipinski definition) is 3. The van der Waals surface area contributed by atoms with Crippen LogP contribution in [0.15, 0.2) is 77.8 Å². The van der Waals surface area contributed by atoms with Crippen LogP contribution in [0.5, 0.6) is 0 Å². The zero-order valence-corrected chi connectivity index (χ0v) is 16.5. The molecule has 0 radical (unpaired) electrons. The maximum atomic E-state index is 5.96. The van der Waals surface area contributed by atoms with Crippen molar-refractivity contribution in [1.29, 1.82) is 0 Å². The lowest BCUT2D eigenvalue weighted by atomic mass is 10.1. The van der Waals surface area contributed by atoms with Gasteiger partial charge in [-0.2, -0.15) is 0 Å². The molecule has 0 bridgehead atoms. The monoisotopic (exact) mass is 370 g/mol. The molecule has 142 valence electrons. The largest absolute Gasteiger partial charge is 0.475 e. The molecule has 0 aliphatic carbocycles. The summed E-state index contributed by atoms with van der Waals surface area (Å²) < 4.78 is 5.96. The fourth-order valence-corrected chi connectivity index (χ4v) is 3.75. The summed E-state index contributed by atoms with van der Waals surface area (Å²) in [5.74, 6) is 0.740. The van der Waals surface area contributed by atoms with E-state index >= 15 is 0 Å². The Bertz CT molecular complexity index is 959. The lowest BCUT2D eigenvalue weighted by molar-refractivity contribution is 0.317. The number of anilines is 1. The Morgan fingerprint density at radius 3 is 2.39 bits per heavy atom. The number of hydrogen-bond donors (Lipinski definition) is 1. The van der Waals surface area contributed by atoms with Crippen LogP contribution in [-0.2, 0) is 17.7 Å². The predicted octanol–water partition coefficient (Wildman–Crippen LogP) is 5.30. The van der Waals surface area contributed by atoms with E-state index in [9.17, 15) is 0 Å². The normalized spacial score (nSPS) is 15.8. The van der Waals surface area contributed by atoms with Crippen LogP contribution in [0.4, 0.5) is 5.69 Å². The Balaban J connectivity index is 1.49. The number of nitrogens with zero attached hydrogens (tertiary/aromatic N) is 1. The van der Waals surface area contributed by atoms with E-state index in [2.05, 4.69) is 73.8 Å². The van der Waals surface area contributed by atoms with Gasteiger partial charge < -0.3 is 10.1 Å². The minimum Gasteiger partial charge on any atom is -0.475 e. The summed E-state index contributed by atoms with van der Waals surface area (Å²) in [6.45, 7) is 5.69. The van der Waals surface area contributed by atoms with Crippen LogP contribution in [0.3, 0.4) is 0 Å². The van der Waals surface area contributed by atoms with E-state index in [0.29, 0.717) is 6.61 Å². The van der Waals surface area contributed by atoms with E-state index in [1.165, 1.54) is 22.3 Å². The van der Waals surface area contributed by atoms with Crippen molar-refractivity contribution in [3.63, 3.8) is 0 Å². The molecule has 0 saturated carbocycles. The van der Waals surface area contributed by atoms with Crippen molar-refractivity contribution >= 4 is 11.6 Å². The van der Waals surface area contributed by atoms with Crippen LogP contribution < -0.4 is 5.32 Å². The second kappa shape index (κ2) is 8.30. The van der Waals surface area contributed by atoms with Crippen molar-refractivity contribution < 1.29 is 4.74 Å². The van der Waals surface area contributed by atoms with Gasteiger partial charge in [-0.15, -0.1) is 0 Å². The molecule has 1 N–H and O–H groups in total. The maximum Gasteiger partial charge on any atom is 0.218 e. The minimum atomic E-state index is 0.171. The molecular weight excluding hydrogens is 344 g/mol. The van der Waals surface area contributed by atoms with E-state index in [4.69, 9.17) is 9.73 Å². The average molecular weight is 370 g/mol. The molecule has 0 fully saturated rings. The second-order valence-electron chi connectivity index (χ2n) is 7.48. The Labute approximate surface area is 167 Å². The van der Waals surface area contributed by atoms with E-state index in [1.807, 2.05) is 18.2 Å². The van der Waals surface area contributed by atoms with Gasteiger partial charge in [-0.1, -0.05) is 71.8 Å². The second-order valence-corrected chi connectivity index (χ2v) is 7.48. The first-order chi connectivity index (χ1) is 13.7. The number of ether oxygens (including phenoxy) is 1. The van der Waals surface area contributed by atoms with E-state index in [1.54, 1.807) is 0 Å². The van der Waals surface area contributed by atoms with Gasteiger partial charge in [-0.3, -0.25) is 0 Å². The van der Waals surface area contributed by atoms with E-state index < -0.39 is 0 Å². The molecule has 1 aliphatic heterocycles. The Morgan fingerprint density at radius 1 is 0.893 bits per heavy atom. The summed E-state index contributed by atoms with van der Waals surface area (Å²) in [4.78, 5) is 4.85. The van der Waals surface area contributed by atoms with Gasteiger partial charge in [0.15, 0.2) is 0 Å². The molecule has 3 nitrogen and oxygen atoms in total. The first-order valence-electron chi connectivity index (χ1n) is 9.82. The number of para-hydroxylation sites is 1. The summed E-state index contributed by atoms with van der Waals surface area (Å²) in [6.07, 6.45) is 0.905. The lowest BCUT2D eigenvalue weighted by Crippen LogP contribution is -2.10. The van der Waals surface area contributed by atoms with Gasteiger partial charge in [-0.25, -0.2) is 4.99 Å². The van der Waals surface area contributed by atoms with Gasteiger partial charge in [0.05, 0.1) is 11.6 Å². The predicted molar refractivity (Wildman–Crippen MR) is 116 cm³/mol. The molecule has 1 atom stereocenters. The highest BCUT2D eigenvalue weighted by Crippen LogP contribution is 2.23. The first kappa shape index (κ1) is 18.3. The van der Waals surface area contributed by atoms with E-state index in [0.717, 1.165) is 30.1 Å². The summed E-state index contributed by atoms with van der Waals surface area (Å²) in [5.41, 5.74) is 7.24. The standard InChI is InChI=1S/C25H26N2O/c1-18-12-19(2)14-21(13-18)16-26-24-11-7-6-10-23(24)25-27-22(17-28-25)15-20-8-4-3-5-9-20/h3-14,22,26H,15-17H2,1-2H3/t22-/m0/s1. The molecule has 3 aromatic rings.